The van der Waals surface area contributed by atoms with E-state index in [1.165, 1.54) is 27.2 Å². The minimum atomic E-state index is 0.600. The first-order valence-electron chi connectivity index (χ1n) is 4.17. The average molecular weight is 191 g/mol. The highest BCUT2D eigenvalue weighted by Gasteiger charge is 1.97. The number of carbonyl (C=O) groups is 1. The fourth-order valence-electron chi connectivity index (χ4n) is 1.30. The normalized spacial score (nSPS) is 10.5. The largest absolute Gasteiger partial charge is 0.303 e. The Morgan fingerprint density at radius 2 is 2.38 bits per heavy atom. The Kier molecular flexibility index (Phi) is 2.36. The number of rotatable bonds is 3. The Hall–Kier alpha value is -1.22. The maximum atomic E-state index is 10.2. The van der Waals surface area contributed by atoms with Crippen molar-refractivity contribution < 1.29 is 4.79 Å². The molecule has 66 valence electrons. The molecule has 0 unspecified atom stereocenters. The average Bonchev–Trinajstić information content (AvgIpc) is 2.61. The van der Waals surface area contributed by atoms with E-state index < -0.39 is 0 Å². The topological polar surface area (TPSA) is 30.0 Å². The van der Waals surface area contributed by atoms with Crippen molar-refractivity contribution in [3.8, 4) is 0 Å². The van der Waals surface area contributed by atoms with Crippen molar-refractivity contribution in [2.45, 2.75) is 12.8 Å². The standard InChI is InChI=1S/C10H9NOS/c12-5-1-2-8-3-4-10-9(6-8)7-11-13-10/h3-7H,1-2H2. The molecule has 0 aliphatic rings. The molecule has 2 nitrogen and oxygen atoms in total. The fourth-order valence-corrected chi connectivity index (χ4v) is 1.93. The highest BCUT2D eigenvalue weighted by atomic mass is 32.1. The summed E-state index contributed by atoms with van der Waals surface area (Å²) in [7, 11) is 0. The molecule has 13 heavy (non-hydrogen) atoms. The first kappa shape index (κ1) is 8.38. The van der Waals surface area contributed by atoms with Crippen LogP contribution in [0.4, 0.5) is 0 Å². The molecule has 0 atom stereocenters. The summed E-state index contributed by atoms with van der Waals surface area (Å²) in [5.41, 5.74) is 1.21. The molecule has 0 spiro atoms. The van der Waals surface area contributed by atoms with Crippen molar-refractivity contribution in [3.63, 3.8) is 0 Å². The van der Waals surface area contributed by atoms with Gasteiger partial charge in [-0.2, -0.15) is 4.37 Å². The van der Waals surface area contributed by atoms with Crippen LogP contribution in [0.25, 0.3) is 10.1 Å². The molecule has 2 aromatic rings. The SMILES string of the molecule is O=CCCc1ccc2sncc2c1. The van der Waals surface area contributed by atoms with Crippen LogP contribution >= 0.6 is 11.5 Å². The predicted octanol–water partition coefficient (Wildman–Crippen LogP) is 2.43. The minimum absolute atomic E-state index is 0.600. The molecule has 0 aliphatic heterocycles. The maximum Gasteiger partial charge on any atom is 0.120 e. The van der Waals surface area contributed by atoms with E-state index in [2.05, 4.69) is 22.6 Å². The van der Waals surface area contributed by atoms with E-state index in [4.69, 9.17) is 0 Å². The Balaban J connectivity index is 2.31. The zero-order valence-corrected chi connectivity index (χ0v) is 7.88. The summed E-state index contributed by atoms with van der Waals surface area (Å²) in [6, 6.07) is 6.22. The van der Waals surface area contributed by atoms with Gasteiger partial charge in [-0.1, -0.05) is 6.07 Å². The summed E-state index contributed by atoms with van der Waals surface area (Å²) in [4.78, 5) is 10.2. The molecule has 0 fully saturated rings. The third-order valence-electron chi connectivity index (χ3n) is 1.97. The molecule has 0 bridgehead atoms. The zero-order valence-electron chi connectivity index (χ0n) is 7.06. The lowest BCUT2D eigenvalue weighted by atomic mass is 10.1. The number of aryl methyl sites for hydroxylation is 1. The van der Waals surface area contributed by atoms with E-state index in [9.17, 15) is 4.79 Å². The van der Waals surface area contributed by atoms with Gasteiger partial charge in [0.2, 0.25) is 0 Å². The molecule has 1 aromatic heterocycles. The Bertz CT molecular complexity index is 422. The van der Waals surface area contributed by atoms with E-state index in [1.807, 2.05) is 6.20 Å². The summed E-state index contributed by atoms with van der Waals surface area (Å²) in [6.45, 7) is 0. The van der Waals surface area contributed by atoms with Crippen LogP contribution in [0, 0.1) is 0 Å². The number of aromatic nitrogens is 1. The van der Waals surface area contributed by atoms with E-state index in [0.717, 1.165) is 12.7 Å². The van der Waals surface area contributed by atoms with Gasteiger partial charge >= 0.3 is 0 Å². The zero-order chi connectivity index (χ0) is 9.10. The van der Waals surface area contributed by atoms with Crippen molar-refractivity contribution in [1.29, 1.82) is 0 Å². The summed E-state index contributed by atoms with van der Waals surface area (Å²) < 4.78 is 5.30. The summed E-state index contributed by atoms with van der Waals surface area (Å²) in [6.07, 6.45) is 4.25. The Morgan fingerprint density at radius 1 is 1.46 bits per heavy atom. The molecule has 3 heteroatoms. The molecule has 0 saturated carbocycles. The van der Waals surface area contributed by atoms with Gasteiger partial charge in [-0.25, -0.2) is 0 Å². The van der Waals surface area contributed by atoms with Crippen LogP contribution in [0.1, 0.15) is 12.0 Å². The van der Waals surface area contributed by atoms with E-state index in [0.29, 0.717) is 6.42 Å². The predicted molar refractivity (Wildman–Crippen MR) is 54.0 cm³/mol. The quantitative estimate of drug-likeness (QED) is 0.697. The van der Waals surface area contributed by atoms with Crippen LogP contribution in [0.2, 0.25) is 0 Å². The number of carbonyl (C=O) groups excluding carboxylic acids is 1. The second kappa shape index (κ2) is 3.66. The molecular formula is C10H9NOS. The van der Waals surface area contributed by atoms with E-state index >= 15 is 0 Å². The second-order valence-electron chi connectivity index (χ2n) is 2.90. The third-order valence-corrected chi connectivity index (χ3v) is 2.75. The fraction of sp³-hybridized carbons (Fsp3) is 0.200. The van der Waals surface area contributed by atoms with Crippen molar-refractivity contribution in [2.75, 3.05) is 0 Å². The van der Waals surface area contributed by atoms with Gasteiger partial charge in [0, 0.05) is 18.0 Å². The highest BCUT2D eigenvalue weighted by molar-refractivity contribution is 7.13. The van der Waals surface area contributed by atoms with Gasteiger partial charge in [0.05, 0.1) is 4.70 Å². The number of benzene rings is 1. The Labute approximate surface area is 80.4 Å². The van der Waals surface area contributed by atoms with Gasteiger partial charge in [-0.3, -0.25) is 0 Å². The lowest BCUT2D eigenvalue weighted by Crippen LogP contribution is -1.84. The monoisotopic (exact) mass is 191 g/mol. The first-order valence-corrected chi connectivity index (χ1v) is 4.94. The molecule has 0 aliphatic carbocycles. The van der Waals surface area contributed by atoms with E-state index in [1.54, 1.807) is 0 Å². The molecular weight excluding hydrogens is 182 g/mol. The lowest BCUT2D eigenvalue weighted by molar-refractivity contribution is -0.107. The van der Waals surface area contributed by atoms with Gasteiger partial charge in [-0.15, -0.1) is 0 Å². The number of hydrogen-bond donors (Lipinski definition) is 0. The molecule has 0 amide bonds. The summed E-state index contributed by atoms with van der Waals surface area (Å²) in [5.74, 6) is 0. The molecule has 2 rings (SSSR count). The van der Waals surface area contributed by atoms with Crippen molar-refractivity contribution in [1.82, 2.24) is 4.37 Å². The van der Waals surface area contributed by atoms with Gasteiger partial charge in [0.1, 0.15) is 6.29 Å². The molecule has 1 aromatic carbocycles. The minimum Gasteiger partial charge on any atom is -0.303 e. The molecule has 0 radical (unpaired) electrons. The van der Waals surface area contributed by atoms with Gasteiger partial charge in [0.25, 0.3) is 0 Å². The number of aldehydes is 1. The van der Waals surface area contributed by atoms with Gasteiger partial charge in [-0.05, 0) is 35.6 Å². The highest BCUT2D eigenvalue weighted by Crippen LogP contribution is 2.19. The van der Waals surface area contributed by atoms with Crippen LogP contribution in [-0.4, -0.2) is 10.7 Å². The number of hydrogen-bond acceptors (Lipinski definition) is 3. The van der Waals surface area contributed by atoms with Crippen LogP contribution < -0.4 is 0 Å². The Morgan fingerprint density at radius 3 is 3.23 bits per heavy atom. The smallest absolute Gasteiger partial charge is 0.120 e. The second-order valence-corrected chi connectivity index (χ2v) is 3.74. The summed E-state index contributed by atoms with van der Waals surface area (Å²) >= 11 is 1.50. The molecule has 0 N–H and O–H groups in total. The first-order chi connectivity index (χ1) is 6.40. The third kappa shape index (κ3) is 1.75. The van der Waals surface area contributed by atoms with E-state index in [-0.39, 0.29) is 0 Å². The van der Waals surface area contributed by atoms with Crippen molar-refractivity contribution in [2.24, 2.45) is 0 Å². The molecule has 0 saturated heterocycles. The van der Waals surface area contributed by atoms with Crippen LogP contribution in [0.15, 0.2) is 24.4 Å². The van der Waals surface area contributed by atoms with Crippen LogP contribution in [0.3, 0.4) is 0 Å². The molecule has 1 heterocycles. The lowest BCUT2D eigenvalue weighted by Gasteiger charge is -1.96. The van der Waals surface area contributed by atoms with Crippen molar-refractivity contribution in [3.05, 3.63) is 30.0 Å². The number of fused-ring (bicyclic) bond motifs is 1. The van der Waals surface area contributed by atoms with Crippen molar-refractivity contribution >= 4 is 27.9 Å². The van der Waals surface area contributed by atoms with Crippen LogP contribution in [0.5, 0.6) is 0 Å². The van der Waals surface area contributed by atoms with Crippen LogP contribution in [-0.2, 0) is 11.2 Å². The van der Waals surface area contributed by atoms with Gasteiger partial charge in [0.15, 0.2) is 0 Å². The number of nitrogens with zero attached hydrogens (tertiary/aromatic N) is 1. The van der Waals surface area contributed by atoms with Gasteiger partial charge < -0.3 is 4.79 Å². The maximum absolute atomic E-state index is 10.2. The summed E-state index contributed by atoms with van der Waals surface area (Å²) in [5, 5.41) is 1.17.